The van der Waals surface area contributed by atoms with Crippen molar-refractivity contribution >= 4 is 0 Å². The molecule has 0 aliphatic carbocycles. The number of nitrogens with zero attached hydrogens (tertiary/aromatic N) is 2. The predicted octanol–water partition coefficient (Wildman–Crippen LogP) is 2.48. The van der Waals surface area contributed by atoms with Crippen LogP contribution in [0.1, 0.15) is 24.2 Å². The van der Waals surface area contributed by atoms with E-state index in [1.165, 1.54) is 19.5 Å². The van der Waals surface area contributed by atoms with E-state index >= 15 is 0 Å². The Morgan fingerprint density at radius 2 is 2.21 bits per heavy atom. The van der Waals surface area contributed by atoms with Gasteiger partial charge in [-0.1, -0.05) is 6.07 Å². The summed E-state index contributed by atoms with van der Waals surface area (Å²) < 4.78 is 18.3. The summed E-state index contributed by atoms with van der Waals surface area (Å²) >= 11 is 0. The van der Waals surface area contributed by atoms with Gasteiger partial charge in [0.05, 0.1) is 12.8 Å². The van der Waals surface area contributed by atoms with Crippen LogP contribution in [-0.2, 0) is 6.54 Å². The summed E-state index contributed by atoms with van der Waals surface area (Å²) in [5.41, 5.74) is 1.88. The smallest absolute Gasteiger partial charge is 0.165 e. The molecular formula is C14H16FN3O. The van der Waals surface area contributed by atoms with E-state index in [0.29, 0.717) is 6.54 Å². The highest BCUT2D eigenvalue weighted by Crippen LogP contribution is 2.22. The quantitative estimate of drug-likeness (QED) is 0.898. The molecule has 0 aliphatic rings. The predicted molar refractivity (Wildman–Crippen MR) is 70.2 cm³/mol. The molecule has 1 unspecified atom stereocenters. The van der Waals surface area contributed by atoms with Crippen molar-refractivity contribution in [3.05, 3.63) is 53.9 Å². The summed E-state index contributed by atoms with van der Waals surface area (Å²) in [6, 6.07) is 6.79. The molecule has 1 atom stereocenters. The van der Waals surface area contributed by atoms with Crippen LogP contribution in [0, 0.1) is 5.82 Å². The Kier molecular flexibility index (Phi) is 4.41. The van der Waals surface area contributed by atoms with Crippen molar-refractivity contribution in [1.29, 1.82) is 0 Å². The number of halogens is 1. The van der Waals surface area contributed by atoms with Gasteiger partial charge in [0.2, 0.25) is 0 Å². The number of hydrogen-bond donors (Lipinski definition) is 1. The third-order valence-corrected chi connectivity index (χ3v) is 2.91. The minimum absolute atomic E-state index is 0.0736. The topological polar surface area (TPSA) is 47.0 Å². The molecule has 4 nitrogen and oxygen atoms in total. The van der Waals surface area contributed by atoms with Crippen LogP contribution in [0.4, 0.5) is 4.39 Å². The van der Waals surface area contributed by atoms with Crippen molar-refractivity contribution in [3.63, 3.8) is 0 Å². The highest BCUT2D eigenvalue weighted by atomic mass is 19.1. The van der Waals surface area contributed by atoms with Gasteiger partial charge < -0.3 is 10.1 Å². The lowest BCUT2D eigenvalue weighted by atomic mass is 10.1. The summed E-state index contributed by atoms with van der Waals surface area (Å²) in [4.78, 5) is 8.00. The second-order valence-electron chi connectivity index (χ2n) is 4.20. The van der Waals surface area contributed by atoms with Crippen LogP contribution in [0.2, 0.25) is 0 Å². The average Bonchev–Trinajstić information content (AvgIpc) is 2.46. The van der Waals surface area contributed by atoms with Gasteiger partial charge in [-0.05, 0) is 30.7 Å². The van der Waals surface area contributed by atoms with Crippen molar-refractivity contribution in [1.82, 2.24) is 15.3 Å². The second-order valence-corrected chi connectivity index (χ2v) is 4.20. The zero-order valence-corrected chi connectivity index (χ0v) is 10.9. The molecule has 0 radical (unpaired) electrons. The highest BCUT2D eigenvalue weighted by molar-refractivity contribution is 5.31. The fourth-order valence-corrected chi connectivity index (χ4v) is 1.74. The van der Waals surface area contributed by atoms with Crippen molar-refractivity contribution in [3.8, 4) is 5.75 Å². The molecule has 19 heavy (non-hydrogen) atoms. The molecule has 2 rings (SSSR count). The molecule has 1 aromatic heterocycles. The van der Waals surface area contributed by atoms with Gasteiger partial charge in [0.25, 0.3) is 0 Å². The average molecular weight is 261 g/mol. The molecule has 100 valence electrons. The fraction of sp³-hybridized carbons (Fsp3) is 0.286. The Balaban J connectivity index is 2.02. The zero-order chi connectivity index (χ0) is 13.7. The van der Waals surface area contributed by atoms with Crippen molar-refractivity contribution < 1.29 is 9.13 Å². The highest BCUT2D eigenvalue weighted by Gasteiger charge is 2.09. The lowest BCUT2D eigenvalue weighted by Crippen LogP contribution is -2.18. The maximum absolute atomic E-state index is 13.3. The third kappa shape index (κ3) is 3.48. The lowest BCUT2D eigenvalue weighted by molar-refractivity contribution is 0.385. The van der Waals surface area contributed by atoms with Gasteiger partial charge in [0, 0.05) is 18.8 Å². The standard InChI is InChI=1S/C14H16FN3O/c1-10(17-8-12-5-6-16-9-18-12)11-3-4-13(15)14(7-11)19-2/h3-7,9-10,17H,8H2,1-2H3. The Hall–Kier alpha value is -2.01. The summed E-state index contributed by atoms with van der Waals surface area (Å²) in [5, 5.41) is 3.32. The van der Waals surface area contributed by atoms with E-state index in [9.17, 15) is 4.39 Å². The maximum atomic E-state index is 13.3. The van der Waals surface area contributed by atoms with Crippen LogP contribution in [0.15, 0.2) is 36.8 Å². The van der Waals surface area contributed by atoms with Crippen molar-refractivity contribution in [2.45, 2.75) is 19.5 Å². The van der Waals surface area contributed by atoms with E-state index in [2.05, 4.69) is 15.3 Å². The summed E-state index contributed by atoms with van der Waals surface area (Å²) in [5.74, 6) is -0.0950. The molecule has 1 aromatic carbocycles. The van der Waals surface area contributed by atoms with Crippen molar-refractivity contribution in [2.75, 3.05) is 7.11 Å². The largest absolute Gasteiger partial charge is 0.494 e. The summed E-state index contributed by atoms with van der Waals surface area (Å²) in [6.07, 6.45) is 3.22. The first kappa shape index (κ1) is 13.4. The van der Waals surface area contributed by atoms with Gasteiger partial charge in [0.15, 0.2) is 11.6 Å². The molecular weight excluding hydrogens is 245 g/mol. The number of benzene rings is 1. The van der Waals surface area contributed by atoms with E-state index in [0.717, 1.165) is 11.3 Å². The van der Waals surface area contributed by atoms with Crippen LogP contribution in [-0.4, -0.2) is 17.1 Å². The third-order valence-electron chi connectivity index (χ3n) is 2.91. The minimum Gasteiger partial charge on any atom is -0.494 e. The molecule has 2 aromatic rings. The Morgan fingerprint density at radius 1 is 1.37 bits per heavy atom. The number of hydrogen-bond acceptors (Lipinski definition) is 4. The van der Waals surface area contributed by atoms with Crippen molar-refractivity contribution in [2.24, 2.45) is 0 Å². The van der Waals surface area contributed by atoms with Gasteiger partial charge in [-0.25, -0.2) is 14.4 Å². The molecule has 0 amide bonds. The molecule has 5 heteroatoms. The lowest BCUT2D eigenvalue weighted by Gasteiger charge is -2.15. The summed E-state index contributed by atoms with van der Waals surface area (Å²) in [6.45, 7) is 2.64. The first-order valence-corrected chi connectivity index (χ1v) is 6.02. The Bertz CT molecular complexity index is 533. The van der Waals surface area contributed by atoms with E-state index < -0.39 is 0 Å². The number of rotatable bonds is 5. The second kappa shape index (κ2) is 6.24. The van der Waals surface area contributed by atoms with Crippen LogP contribution in [0.3, 0.4) is 0 Å². The molecule has 0 spiro atoms. The molecule has 1 heterocycles. The molecule has 1 N–H and O–H groups in total. The minimum atomic E-state index is -0.353. The van der Waals surface area contributed by atoms with E-state index in [1.54, 1.807) is 18.3 Å². The maximum Gasteiger partial charge on any atom is 0.165 e. The zero-order valence-electron chi connectivity index (χ0n) is 10.9. The monoisotopic (exact) mass is 261 g/mol. The Morgan fingerprint density at radius 3 is 2.89 bits per heavy atom. The number of nitrogens with one attached hydrogen (secondary N) is 1. The molecule has 0 saturated heterocycles. The van der Waals surface area contributed by atoms with Gasteiger partial charge in [-0.2, -0.15) is 0 Å². The molecule has 0 aliphatic heterocycles. The van der Waals surface area contributed by atoms with Gasteiger partial charge >= 0.3 is 0 Å². The van der Waals surface area contributed by atoms with Gasteiger partial charge in [-0.3, -0.25) is 0 Å². The van der Waals surface area contributed by atoms with E-state index in [-0.39, 0.29) is 17.6 Å². The normalized spacial score (nSPS) is 12.2. The van der Waals surface area contributed by atoms with E-state index in [4.69, 9.17) is 4.74 Å². The first-order chi connectivity index (χ1) is 9.20. The SMILES string of the molecule is COc1cc(C(C)NCc2ccncn2)ccc1F. The fourth-order valence-electron chi connectivity index (χ4n) is 1.74. The molecule has 0 fully saturated rings. The number of ether oxygens (including phenoxy) is 1. The Labute approximate surface area is 111 Å². The first-order valence-electron chi connectivity index (χ1n) is 6.02. The summed E-state index contributed by atoms with van der Waals surface area (Å²) in [7, 11) is 1.46. The van der Waals surface area contributed by atoms with Gasteiger partial charge in [-0.15, -0.1) is 0 Å². The van der Waals surface area contributed by atoms with Gasteiger partial charge in [0.1, 0.15) is 6.33 Å². The van der Waals surface area contributed by atoms with Crippen LogP contribution in [0.25, 0.3) is 0 Å². The van der Waals surface area contributed by atoms with Crippen LogP contribution < -0.4 is 10.1 Å². The van der Waals surface area contributed by atoms with E-state index in [1.807, 2.05) is 13.0 Å². The van der Waals surface area contributed by atoms with Crippen LogP contribution >= 0.6 is 0 Å². The number of methoxy groups -OCH3 is 1. The number of aromatic nitrogens is 2. The molecule has 0 bridgehead atoms. The molecule has 0 saturated carbocycles. The van der Waals surface area contributed by atoms with Crippen LogP contribution in [0.5, 0.6) is 5.75 Å².